The van der Waals surface area contributed by atoms with Gasteiger partial charge in [0.2, 0.25) is 5.91 Å². The van der Waals surface area contributed by atoms with Gasteiger partial charge in [0, 0.05) is 23.2 Å². The van der Waals surface area contributed by atoms with Gasteiger partial charge in [-0.15, -0.1) is 11.8 Å². The number of rotatable bonds is 2. The van der Waals surface area contributed by atoms with Crippen LogP contribution in [-0.4, -0.2) is 31.6 Å². The predicted octanol–water partition coefficient (Wildman–Crippen LogP) is 3.24. The number of fused-ring (bicyclic) bond motifs is 1. The molecule has 0 saturated heterocycles. The van der Waals surface area contributed by atoms with E-state index >= 15 is 0 Å². The summed E-state index contributed by atoms with van der Waals surface area (Å²) >= 11 is 7.55. The Bertz CT molecular complexity index is 902. The second-order valence-electron chi connectivity index (χ2n) is 5.52. The van der Waals surface area contributed by atoms with Gasteiger partial charge < -0.3 is 5.32 Å². The van der Waals surface area contributed by atoms with Gasteiger partial charge in [0.1, 0.15) is 5.82 Å². The fourth-order valence-electron chi connectivity index (χ4n) is 2.82. The third-order valence-electron chi connectivity index (χ3n) is 3.97. The zero-order valence-corrected chi connectivity index (χ0v) is 14.4. The molecule has 24 heavy (non-hydrogen) atoms. The molecule has 1 amide bonds. The average molecular weight is 360 g/mol. The largest absolute Gasteiger partial charge is 0.310 e. The van der Waals surface area contributed by atoms with E-state index in [0.717, 1.165) is 28.2 Å². The number of hydrogen-bond acceptors (Lipinski definition) is 4. The number of thioether (sulfide) groups is 1. The van der Waals surface area contributed by atoms with Crippen molar-refractivity contribution in [3.63, 3.8) is 0 Å². The zero-order chi connectivity index (χ0) is 16.7. The monoisotopic (exact) mass is 359 g/mol. The summed E-state index contributed by atoms with van der Waals surface area (Å²) in [6.07, 6.45) is 3.62. The van der Waals surface area contributed by atoms with Crippen LogP contribution in [0.2, 0.25) is 5.02 Å². The van der Waals surface area contributed by atoms with Gasteiger partial charge in [0.05, 0.1) is 29.1 Å². The van der Waals surface area contributed by atoms with E-state index in [2.05, 4.69) is 20.6 Å². The maximum absolute atomic E-state index is 12.0. The molecule has 0 spiro atoms. The van der Waals surface area contributed by atoms with E-state index in [9.17, 15) is 4.79 Å². The van der Waals surface area contributed by atoms with Crippen molar-refractivity contribution in [2.45, 2.75) is 5.25 Å². The molecule has 3 heterocycles. The van der Waals surface area contributed by atoms with E-state index < -0.39 is 0 Å². The Hall–Kier alpha value is -2.25. The molecule has 1 unspecified atom stereocenters. The molecular weight excluding hydrogens is 346 g/mol. The molecule has 122 valence electrons. The summed E-state index contributed by atoms with van der Waals surface area (Å²) in [5.74, 6) is 1.09. The normalized spacial score (nSPS) is 17.2. The summed E-state index contributed by atoms with van der Waals surface area (Å²) in [6, 6.07) is 7.60. The summed E-state index contributed by atoms with van der Waals surface area (Å²) in [7, 11) is 1.82. The molecule has 6 nitrogen and oxygen atoms in total. The van der Waals surface area contributed by atoms with Crippen LogP contribution in [0.1, 0.15) is 16.4 Å². The smallest absolute Gasteiger partial charge is 0.235 e. The predicted molar refractivity (Wildman–Crippen MR) is 95.2 cm³/mol. The van der Waals surface area contributed by atoms with E-state index in [4.69, 9.17) is 11.6 Å². The number of aryl methyl sites for hydroxylation is 1. The van der Waals surface area contributed by atoms with Gasteiger partial charge in [-0.2, -0.15) is 10.2 Å². The van der Waals surface area contributed by atoms with E-state index in [1.54, 1.807) is 22.6 Å². The number of aromatic amines is 1. The minimum absolute atomic E-state index is 0.0242. The number of nitrogens with one attached hydrogen (secondary N) is 2. The average Bonchev–Trinajstić information content (AvgIpc) is 3.14. The number of carbonyl (C=O) groups is 1. The van der Waals surface area contributed by atoms with Gasteiger partial charge >= 0.3 is 0 Å². The van der Waals surface area contributed by atoms with Gasteiger partial charge in [-0.3, -0.25) is 14.6 Å². The Kier molecular flexibility index (Phi) is 3.82. The summed E-state index contributed by atoms with van der Waals surface area (Å²) in [5, 5.41) is 15.2. The van der Waals surface area contributed by atoms with Gasteiger partial charge in [-0.25, -0.2) is 0 Å². The van der Waals surface area contributed by atoms with Crippen molar-refractivity contribution < 1.29 is 4.79 Å². The van der Waals surface area contributed by atoms with Crippen LogP contribution in [0, 0.1) is 0 Å². The van der Waals surface area contributed by atoms with E-state index in [-0.39, 0.29) is 11.2 Å². The number of aromatic nitrogens is 4. The highest BCUT2D eigenvalue weighted by atomic mass is 35.5. The van der Waals surface area contributed by atoms with Crippen molar-refractivity contribution >= 4 is 35.1 Å². The third kappa shape index (κ3) is 2.59. The Labute approximate surface area is 147 Å². The number of H-pyrrole nitrogens is 1. The minimum atomic E-state index is -0.0305. The Morgan fingerprint density at radius 3 is 2.83 bits per heavy atom. The Balaban J connectivity index is 1.81. The molecule has 0 aliphatic carbocycles. The van der Waals surface area contributed by atoms with Crippen LogP contribution >= 0.6 is 23.4 Å². The molecule has 0 saturated carbocycles. The standard InChI is InChI=1S/C16H14ClN5OS/c1-22-16-12(7-19-22)15(24-8-13(23)20-16)11-6-18-21-14(11)9-2-4-10(17)5-3-9/h2-7,15H,8H2,1H3,(H,18,21)(H,20,23). The van der Waals surface area contributed by atoms with Crippen LogP contribution in [0.25, 0.3) is 11.3 Å². The van der Waals surface area contributed by atoms with Gasteiger partial charge in [0.15, 0.2) is 0 Å². The first-order chi connectivity index (χ1) is 11.6. The van der Waals surface area contributed by atoms with Gasteiger partial charge in [-0.05, 0) is 17.7 Å². The number of carbonyl (C=O) groups excluding carboxylic acids is 1. The topological polar surface area (TPSA) is 75.6 Å². The molecule has 1 atom stereocenters. The molecule has 2 N–H and O–H groups in total. The summed E-state index contributed by atoms with van der Waals surface area (Å²) in [4.78, 5) is 12.0. The Morgan fingerprint density at radius 2 is 2.04 bits per heavy atom. The number of benzene rings is 1. The SMILES string of the molecule is Cn1ncc2c1NC(=O)CSC2c1cn[nH]c1-c1ccc(Cl)cc1. The highest BCUT2D eigenvalue weighted by molar-refractivity contribution is 8.00. The van der Waals surface area contributed by atoms with Gasteiger partial charge in [0.25, 0.3) is 0 Å². The minimum Gasteiger partial charge on any atom is -0.310 e. The quantitative estimate of drug-likeness (QED) is 0.736. The lowest BCUT2D eigenvalue weighted by Gasteiger charge is -2.14. The van der Waals surface area contributed by atoms with Crippen molar-refractivity contribution in [1.82, 2.24) is 20.0 Å². The molecular formula is C16H14ClN5OS. The molecule has 0 fully saturated rings. The fourth-order valence-corrected chi connectivity index (χ4v) is 4.04. The molecule has 8 heteroatoms. The van der Waals surface area contributed by atoms with E-state index in [1.165, 1.54) is 0 Å². The lowest BCUT2D eigenvalue weighted by atomic mass is 10.0. The third-order valence-corrected chi connectivity index (χ3v) is 5.49. The lowest BCUT2D eigenvalue weighted by molar-refractivity contribution is -0.113. The molecule has 3 aromatic rings. The van der Waals surface area contributed by atoms with Crippen molar-refractivity contribution in [3.05, 3.63) is 52.8 Å². The summed E-state index contributed by atoms with van der Waals surface area (Å²) < 4.78 is 1.69. The molecule has 0 bridgehead atoms. The molecule has 1 aromatic carbocycles. The molecule has 4 rings (SSSR count). The van der Waals surface area contributed by atoms with E-state index in [0.29, 0.717) is 10.8 Å². The van der Waals surface area contributed by atoms with Crippen molar-refractivity contribution in [2.75, 3.05) is 11.1 Å². The van der Waals surface area contributed by atoms with Crippen LogP contribution < -0.4 is 5.32 Å². The molecule has 0 radical (unpaired) electrons. The molecule has 2 aromatic heterocycles. The van der Waals surface area contributed by atoms with Crippen LogP contribution in [-0.2, 0) is 11.8 Å². The first-order valence-corrected chi connectivity index (χ1v) is 8.78. The van der Waals surface area contributed by atoms with Crippen LogP contribution in [0.3, 0.4) is 0 Å². The first-order valence-electron chi connectivity index (χ1n) is 7.36. The molecule has 1 aliphatic heterocycles. The highest BCUT2D eigenvalue weighted by Gasteiger charge is 2.29. The Morgan fingerprint density at radius 1 is 1.25 bits per heavy atom. The number of nitrogens with zero attached hydrogens (tertiary/aromatic N) is 3. The number of amides is 1. The lowest BCUT2D eigenvalue weighted by Crippen LogP contribution is -2.15. The second-order valence-corrected chi connectivity index (χ2v) is 7.05. The maximum Gasteiger partial charge on any atom is 0.235 e. The maximum atomic E-state index is 12.0. The highest BCUT2D eigenvalue weighted by Crippen LogP contribution is 2.43. The zero-order valence-electron chi connectivity index (χ0n) is 12.8. The van der Waals surface area contributed by atoms with Crippen molar-refractivity contribution in [2.24, 2.45) is 7.05 Å². The first kappa shape index (κ1) is 15.3. The van der Waals surface area contributed by atoms with E-state index in [1.807, 2.05) is 37.5 Å². The van der Waals surface area contributed by atoms with Crippen LogP contribution in [0.15, 0.2) is 36.7 Å². The van der Waals surface area contributed by atoms with Crippen molar-refractivity contribution in [1.29, 1.82) is 0 Å². The fraction of sp³-hybridized carbons (Fsp3) is 0.188. The molecule has 1 aliphatic rings. The number of hydrogen-bond donors (Lipinski definition) is 2. The summed E-state index contributed by atoms with van der Waals surface area (Å²) in [5.41, 5.74) is 3.92. The number of halogens is 1. The van der Waals surface area contributed by atoms with Gasteiger partial charge in [-0.1, -0.05) is 23.7 Å². The number of anilines is 1. The second kappa shape index (κ2) is 5.99. The summed E-state index contributed by atoms with van der Waals surface area (Å²) in [6.45, 7) is 0. The van der Waals surface area contributed by atoms with Crippen molar-refractivity contribution in [3.8, 4) is 11.3 Å². The van der Waals surface area contributed by atoms with Crippen LogP contribution in [0.4, 0.5) is 5.82 Å². The van der Waals surface area contributed by atoms with Crippen LogP contribution in [0.5, 0.6) is 0 Å².